The molecule has 1 aromatic heterocycles. The summed E-state index contributed by atoms with van der Waals surface area (Å²) in [5, 5.41) is 16.3. The Bertz CT molecular complexity index is 894. The summed E-state index contributed by atoms with van der Waals surface area (Å²) in [4.78, 5) is 15.0. The largest absolute Gasteiger partial charge is 0.326 e. The first-order valence-electron chi connectivity index (χ1n) is 11.0. The van der Waals surface area contributed by atoms with Crippen molar-refractivity contribution < 1.29 is 4.79 Å². The molecule has 160 valence electrons. The number of likely N-dealkylation sites (tertiary alicyclic amines) is 1. The van der Waals surface area contributed by atoms with Gasteiger partial charge in [0.2, 0.25) is 5.91 Å². The molecule has 1 fully saturated rings. The highest BCUT2D eigenvalue weighted by atomic mass is 16.1. The second-order valence-corrected chi connectivity index (χ2v) is 8.34. The number of carbonyl (C=O) groups excluding carboxylic acids is 1. The number of amides is 1. The average Bonchev–Trinajstić information content (AvgIpc) is 3.00. The van der Waals surface area contributed by atoms with E-state index in [4.69, 9.17) is 5.26 Å². The van der Waals surface area contributed by atoms with Gasteiger partial charge in [0.25, 0.3) is 0 Å². The van der Waals surface area contributed by atoms with Crippen molar-refractivity contribution in [3.63, 3.8) is 0 Å². The van der Waals surface area contributed by atoms with Crippen LogP contribution in [0, 0.1) is 25.2 Å². The van der Waals surface area contributed by atoms with Crippen molar-refractivity contribution in [2.24, 2.45) is 0 Å². The number of nitriles is 1. The summed E-state index contributed by atoms with van der Waals surface area (Å²) in [6, 6.07) is 11.0. The van der Waals surface area contributed by atoms with Crippen molar-refractivity contribution in [2.75, 3.05) is 11.9 Å². The van der Waals surface area contributed by atoms with Crippen LogP contribution in [-0.4, -0.2) is 33.2 Å². The van der Waals surface area contributed by atoms with Gasteiger partial charge < -0.3 is 5.32 Å². The monoisotopic (exact) mass is 407 g/mol. The number of hydrogen-bond donors (Lipinski definition) is 1. The Balaban J connectivity index is 1.50. The van der Waals surface area contributed by atoms with Crippen LogP contribution in [0.4, 0.5) is 5.69 Å². The molecule has 3 rings (SSSR count). The molecule has 1 aliphatic rings. The van der Waals surface area contributed by atoms with Crippen LogP contribution in [0.3, 0.4) is 0 Å². The van der Waals surface area contributed by atoms with E-state index in [2.05, 4.69) is 40.4 Å². The second-order valence-electron chi connectivity index (χ2n) is 8.34. The van der Waals surface area contributed by atoms with E-state index >= 15 is 0 Å². The second kappa shape index (κ2) is 10.4. The number of rotatable bonds is 8. The highest BCUT2D eigenvalue weighted by Crippen LogP contribution is 2.20. The predicted molar refractivity (Wildman–Crippen MR) is 119 cm³/mol. The first-order chi connectivity index (χ1) is 14.5. The molecule has 0 bridgehead atoms. The quantitative estimate of drug-likeness (QED) is 0.706. The van der Waals surface area contributed by atoms with Crippen molar-refractivity contribution >= 4 is 11.6 Å². The fraction of sp³-hybridized carbons (Fsp3) is 0.542. The average molecular weight is 408 g/mol. The van der Waals surface area contributed by atoms with Crippen LogP contribution in [-0.2, 0) is 24.3 Å². The Labute approximate surface area is 179 Å². The summed E-state index contributed by atoms with van der Waals surface area (Å²) in [5.41, 5.74) is 5.22. The highest BCUT2D eigenvalue weighted by Gasteiger charge is 2.18. The van der Waals surface area contributed by atoms with E-state index in [1.807, 2.05) is 30.7 Å². The topological polar surface area (TPSA) is 73.9 Å². The lowest BCUT2D eigenvalue weighted by molar-refractivity contribution is -0.116. The van der Waals surface area contributed by atoms with Crippen LogP contribution in [0.1, 0.15) is 61.5 Å². The van der Waals surface area contributed by atoms with E-state index in [0.717, 1.165) is 29.2 Å². The molecule has 0 spiro atoms. The lowest BCUT2D eigenvalue weighted by atomic mass is 10.0. The third-order valence-electron chi connectivity index (χ3n) is 6.13. The van der Waals surface area contributed by atoms with Crippen molar-refractivity contribution in [3.05, 3.63) is 46.8 Å². The fourth-order valence-electron chi connectivity index (χ4n) is 4.25. The Morgan fingerprint density at radius 1 is 1.27 bits per heavy atom. The van der Waals surface area contributed by atoms with Crippen LogP contribution in [0.15, 0.2) is 24.3 Å². The molecule has 0 saturated carbocycles. The number of hydrogen-bond acceptors (Lipinski definition) is 4. The minimum absolute atomic E-state index is 0.0102. The van der Waals surface area contributed by atoms with Gasteiger partial charge in [-0.2, -0.15) is 10.4 Å². The Kier molecular flexibility index (Phi) is 7.64. The fourth-order valence-corrected chi connectivity index (χ4v) is 4.25. The van der Waals surface area contributed by atoms with Crippen molar-refractivity contribution in [3.8, 4) is 6.07 Å². The van der Waals surface area contributed by atoms with Gasteiger partial charge in [0.15, 0.2) is 0 Å². The maximum Gasteiger partial charge on any atom is 0.224 e. The zero-order valence-corrected chi connectivity index (χ0v) is 18.4. The van der Waals surface area contributed by atoms with Gasteiger partial charge in [-0.25, -0.2) is 0 Å². The molecular weight excluding hydrogens is 374 g/mol. The molecule has 6 heteroatoms. The number of piperidine rings is 1. The lowest BCUT2D eigenvalue weighted by Gasteiger charge is -2.33. The summed E-state index contributed by atoms with van der Waals surface area (Å²) in [5.74, 6) is 0.0102. The van der Waals surface area contributed by atoms with Gasteiger partial charge in [0, 0.05) is 30.4 Å². The molecule has 1 saturated heterocycles. The van der Waals surface area contributed by atoms with Gasteiger partial charge in [0.1, 0.15) is 0 Å². The third kappa shape index (κ3) is 5.70. The van der Waals surface area contributed by atoms with Crippen LogP contribution < -0.4 is 5.32 Å². The minimum atomic E-state index is 0.0102. The number of anilines is 1. The Hall–Kier alpha value is -2.65. The van der Waals surface area contributed by atoms with Gasteiger partial charge in [-0.3, -0.25) is 14.4 Å². The zero-order valence-electron chi connectivity index (χ0n) is 18.4. The van der Waals surface area contributed by atoms with Gasteiger partial charge in [0.05, 0.1) is 24.7 Å². The Morgan fingerprint density at radius 3 is 2.73 bits per heavy atom. The predicted octanol–water partition coefficient (Wildman–Crippen LogP) is 4.36. The first kappa shape index (κ1) is 22.0. The van der Waals surface area contributed by atoms with Gasteiger partial charge in [-0.05, 0) is 69.8 Å². The van der Waals surface area contributed by atoms with Crippen molar-refractivity contribution in [1.29, 1.82) is 5.26 Å². The van der Waals surface area contributed by atoms with Crippen LogP contribution >= 0.6 is 0 Å². The molecule has 6 nitrogen and oxygen atoms in total. The molecule has 0 radical (unpaired) electrons. The van der Waals surface area contributed by atoms with E-state index in [1.165, 1.54) is 31.4 Å². The Morgan fingerprint density at radius 2 is 2.03 bits per heavy atom. The number of benzene rings is 1. The summed E-state index contributed by atoms with van der Waals surface area (Å²) in [6.45, 7) is 9.02. The summed E-state index contributed by atoms with van der Waals surface area (Å²) in [6.07, 6.45) is 5.41. The highest BCUT2D eigenvalue weighted by molar-refractivity contribution is 5.90. The number of nitrogens with one attached hydrogen (secondary N) is 1. The zero-order chi connectivity index (χ0) is 21.5. The van der Waals surface area contributed by atoms with E-state index in [0.29, 0.717) is 31.8 Å². The smallest absolute Gasteiger partial charge is 0.224 e. The molecular formula is C24H33N5O. The summed E-state index contributed by atoms with van der Waals surface area (Å²) < 4.78 is 1.87. The van der Waals surface area contributed by atoms with Crippen LogP contribution in [0.2, 0.25) is 0 Å². The van der Waals surface area contributed by atoms with E-state index in [1.54, 1.807) is 0 Å². The van der Waals surface area contributed by atoms with E-state index in [9.17, 15) is 4.79 Å². The first-order valence-corrected chi connectivity index (χ1v) is 11.0. The number of nitrogens with zero attached hydrogens (tertiary/aromatic N) is 4. The minimum Gasteiger partial charge on any atom is -0.326 e. The lowest BCUT2D eigenvalue weighted by Crippen LogP contribution is -2.36. The number of carbonyl (C=O) groups is 1. The van der Waals surface area contributed by atoms with E-state index < -0.39 is 0 Å². The molecule has 1 amide bonds. The van der Waals surface area contributed by atoms with Gasteiger partial charge >= 0.3 is 0 Å². The molecule has 1 aromatic carbocycles. The normalized spacial score (nSPS) is 16.9. The molecule has 0 aliphatic carbocycles. The van der Waals surface area contributed by atoms with Gasteiger partial charge in [-0.15, -0.1) is 0 Å². The van der Waals surface area contributed by atoms with E-state index in [-0.39, 0.29) is 5.91 Å². The number of aromatic nitrogens is 2. The van der Waals surface area contributed by atoms with Crippen LogP contribution in [0.5, 0.6) is 0 Å². The summed E-state index contributed by atoms with van der Waals surface area (Å²) >= 11 is 0. The molecule has 2 heterocycles. The molecule has 2 aromatic rings. The maximum atomic E-state index is 12.4. The number of aryl methyl sites for hydroxylation is 2. The third-order valence-corrected chi connectivity index (χ3v) is 6.13. The van der Waals surface area contributed by atoms with Crippen molar-refractivity contribution in [2.45, 2.75) is 78.4 Å². The van der Waals surface area contributed by atoms with Crippen LogP contribution in [0.25, 0.3) is 0 Å². The summed E-state index contributed by atoms with van der Waals surface area (Å²) in [7, 11) is 0. The van der Waals surface area contributed by atoms with Gasteiger partial charge in [-0.1, -0.05) is 18.6 Å². The molecule has 1 atom stereocenters. The molecule has 1 N–H and O–H groups in total. The SMILES string of the molecule is Cc1nn(CCC#N)c(C)c1CCC(=O)Nc1ccc(CN2CCCCC2C)cc1. The molecule has 30 heavy (non-hydrogen) atoms. The van der Waals surface area contributed by atoms with Crippen molar-refractivity contribution in [1.82, 2.24) is 14.7 Å². The molecule has 1 unspecified atom stereocenters. The standard InChI is InChI=1S/C24H33N5O/c1-18-7-4-5-15-28(18)17-21-8-10-22(11-9-21)26-24(30)13-12-23-19(2)27-29(20(23)3)16-6-14-25/h8-11,18H,4-7,12-13,15-17H2,1-3H3,(H,26,30). The molecule has 1 aliphatic heterocycles. The maximum absolute atomic E-state index is 12.4.